The Kier molecular flexibility index (Phi) is 2.88. The zero-order valence-electron chi connectivity index (χ0n) is 10.6. The van der Waals surface area contributed by atoms with E-state index in [-0.39, 0.29) is 0 Å². The van der Waals surface area contributed by atoms with Crippen LogP contribution in [-0.2, 0) is 0 Å². The van der Waals surface area contributed by atoms with Gasteiger partial charge in [0.2, 0.25) is 0 Å². The van der Waals surface area contributed by atoms with E-state index < -0.39 is 0 Å². The van der Waals surface area contributed by atoms with Crippen molar-refractivity contribution in [3.63, 3.8) is 0 Å². The quantitative estimate of drug-likeness (QED) is 0.848. The number of nitrogens with zero attached hydrogens (tertiary/aromatic N) is 4. The first kappa shape index (κ1) is 11.4. The summed E-state index contributed by atoms with van der Waals surface area (Å²) in [6.45, 7) is 4.23. The largest absolute Gasteiger partial charge is 0.365 e. The van der Waals surface area contributed by atoms with Gasteiger partial charge in [-0.15, -0.1) is 0 Å². The number of fused-ring (bicyclic) bond motifs is 1. The van der Waals surface area contributed by atoms with Gasteiger partial charge in [0.1, 0.15) is 23.3 Å². The van der Waals surface area contributed by atoms with Crippen LogP contribution in [0.4, 0.5) is 5.82 Å². The topological polar surface area (TPSA) is 64.8 Å². The van der Waals surface area contributed by atoms with E-state index in [1.54, 1.807) is 6.20 Å². The van der Waals surface area contributed by atoms with Crippen LogP contribution in [0.3, 0.4) is 0 Å². The van der Waals surface area contributed by atoms with Gasteiger partial charge in [0.25, 0.3) is 0 Å². The second-order valence-corrected chi connectivity index (χ2v) is 5.08. The highest BCUT2D eigenvalue weighted by atomic mass is 15.2. The lowest BCUT2D eigenvalue weighted by molar-refractivity contribution is 0.318. The van der Waals surface area contributed by atoms with Crippen molar-refractivity contribution in [2.24, 2.45) is 0 Å². The molecule has 5 heteroatoms. The van der Waals surface area contributed by atoms with Gasteiger partial charge in [-0.3, -0.25) is 4.90 Å². The number of anilines is 1. The maximum Gasteiger partial charge on any atom is 0.147 e. The van der Waals surface area contributed by atoms with Crippen molar-refractivity contribution in [2.75, 3.05) is 18.4 Å². The van der Waals surface area contributed by atoms with E-state index in [9.17, 15) is 0 Å². The average Bonchev–Trinajstić information content (AvgIpc) is 2.94. The maximum atomic E-state index is 9.09. The lowest BCUT2D eigenvalue weighted by Gasteiger charge is -2.22. The van der Waals surface area contributed by atoms with Crippen molar-refractivity contribution in [3.05, 3.63) is 17.6 Å². The van der Waals surface area contributed by atoms with Gasteiger partial charge in [-0.1, -0.05) is 0 Å². The maximum absolute atomic E-state index is 9.09. The van der Waals surface area contributed by atoms with Crippen molar-refractivity contribution >= 4 is 5.82 Å². The Balaban J connectivity index is 1.80. The van der Waals surface area contributed by atoms with Crippen LogP contribution < -0.4 is 5.32 Å². The smallest absolute Gasteiger partial charge is 0.147 e. The van der Waals surface area contributed by atoms with E-state index in [0.717, 1.165) is 13.0 Å². The normalized spacial score (nSPS) is 26.9. The highest BCUT2D eigenvalue weighted by Crippen LogP contribution is 2.30. The molecule has 18 heavy (non-hydrogen) atoms. The Hall–Kier alpha value is -1.67. The second-order valence-electron chi connectivity index (χ2n) is 5.08. The summed E-state index contributed by atoms with van der Waals surface area (Å²) in [5.74, 6) is 1.40. The van der Waals surface area contributed by atoms with Crippen LogP contribution in [0.2, 0.25) is 0 Å². The fourth-order valence-corrected chi connectivity index (χ4v) is 3.09. The lowest BCUT2D eigenvalue weighted by atomic mass is 10.1. The third-order valence-electron chi connectivity index (χ3n) is 3.96. The summed E-state index contributed by atoms with van der Waals surface area (Å²) < 4.78 is 0. The molecule has 3 heterocycles. The molecule has 2 aliphatic heterocycles. The van der Waals surface area contributed by atoms with Crippen LogP contribution in [0.15, 0.2) is 6.20 Å². The Morgan fingerprint density at radius 1 is 1.44 bits per heavy atom. The van der Waals surface area contributed by atoms with Gasteiger partial charge in [-0.05, 0) is 32.7 Å². The molecule has 0 amide bonds. The number of nitriles is 1. The SMILES string of the molecule is Cc1ncc(C#N)c(NC2CCN3CCCC23)n1. The second kappa shape index (κ2) is 4.54. The summed E-state index contributed by atoms with van der Waals surface area (Å²) in [5, 5.41) is 12.5. The Morgan fingerprint density at radius 3 is 3.17 bits per heavy atom. The van der Waals surface area contributed by atoms with Gasteiger partial charge in [0, 0.05) is 18.6 Å². The Morgan fingerprint density at radius 2 is 2.33 bits per heavy atom. The van der Waals surface area contributed by atoms with E-state index in [1.807, 2.05) is 6.92 Å². The van der Waals surface area contributed by atoms with Crippen LogP contribution in [0.25, 0.3) is 0 Å². The zero-order chi connectivity index (χ0) is 12.5. The van der Waals surface area contributed by atoms with Gasteiger partial charge in [-0.2, -0.15) is 5.26 Å². The summed E-state index contributed by atoms with van der Waals surface area (Å²) in [5.41, 5.74) is 0.539. The summed E-state index contributed by atoms with van der Waals surface area (Å²) in [6.07, 6.45) is 5.28. The van der Waals surface area contributed by atoms with Gasteiger partial charge < -0.3 is 5.32 Å². The fraction of sp³-hybridized carbons (Fsp3) is 0.615. The van der Waals surface area contributed by atoms with Gasteiger partial charge >= 0.3 is 0 Å². The van der Waals surface area contributed by atoms with Gasteiger partial charge in [0.05, 0.1) is 6.20 Å². The predicted octanol–water partition coefficient (Wildman–Crippen LogP) is 1.31. The van der Waals surface area contributed by atoms with Crippen LogP contribution >= 0.6 is 0 Å². The van der Waals surface area contributed by atoms with E-state index in [4.69, 9.17) is 5.26 Å². The lowest BCUT2D eigenvalue weighted by Crippen LogP contribution is -2.34. The van der Waals surface area contributed by atoms with Gasteiger partial charge in [-0.25, -0.2) is 9.97 Å². The van der Waals surface area contributed by atoms with Crippen molar-refractivity contribution < 1.29 is 0 Å². The van der Waals surface area contributed by atoms with Crippen molar-refractivity contribution in [2.45, 2.75) is 38.3 Å². The molecule has 94 valence electrons. The summed E-state index contributed by atoms with van der Waals surface area (Å²) in [7, 11) is 0. The van der Waals surface area contributed by atoms with Crippen molar-refractivity contribution in [1.82, 2.24) is 14.9 Å². The van der Waals surface area contributed by atoms with E-state index in [2.05, 4.69) is 26.3 Å². The highest BCUT2D eigenvalue weighted by molar-refractivity contribution is 5.51. The zero-order valence-corrected chi connectivity index (χ0v) is 10.6. The molecule has 0 spiro atoms. The molecular weight excluding hydrogens is 226 g/mol. The van der Waals surface area contributed by atoms with Crippen LogP contribution in [0.5, 0.6) is 0 Å². The minimum Gasteiger partial charge on any atom is -0.365 e. The molecule has 0 bridgehead atoms. The summed E-state index contributed by atoms with van der Waals surface area (Å²) in [4.78, 5) is 11.0. The molecule has 0 aliphatic carbocycles. The number of aryl methyl sites for hydroxylation is 1. The molecule has 2 aliphatic rings. The minimum atomic E-state index is 0.425. The number of nitrogens with one attached hydrogen (secondary N) is 1. The minimum absolute atomic E-state index is 0.425. The van der Waals surface area contributed by atoms with E-state index in [1.165, 1.54) is 19.4 Å². The number of rotatable bonds is 2. The molecule has 2 saturated heterocycles. The van der Waals surface area contributed by atoms with Crippen molar-refractivity contribution in [1.29, 1.82) is 5.26 Å². The average molecular weight is 243 g/mol. The fourth-order valence-electron chi connectivity index (χ4n) is 3.09. The van der Waals surface area contributed by atoms with Crippen LogP contribution in [0.1, 0.15) is 30.7 Å². The van der Waals surface area contributed by atoms with Crippen molar-refractivity contribution in [3.8, 4) is 6.07 Å². The first-order valence-corrected chi connectivity index (χ1v) is 6.52. The third-order valence-corrected chi connectivity index (χ3v) is 3.96. The first-order chi connectivity index (χ1) is 8.78. The molecular formula is C13H17N5. The molecule has 0 saturated carbocycles. The Labute approximate surface area is 107 Å². The highest BCUT2D eigenvalue weighted by Gasteiger charge is 2.37. The molecule has 1 N–H and O–H groups in total. The molecule has 0 radical (unpaired) electrons. The molecule has 2 fully saturated rings. The molecule has 1 aromatic heterocycles. The van der Waals surface area contributed by atoms with Crippen LogP contribution in [-0.4, -0.2) is 40.0 Å². The number of aromatic nitrogens is 2. The molecule has 0 aromatic carbocycles. The Bertz CT molecular complexity index is 493. The van der Waals surface area contributed by atoms with E-state index >= 15 is 0 Å². The molecule has 1 aromatic rings. The predicted molar refractivity (Wildman–Crippen MR) is 68.1 cm³/mol. The standard InChI is InChI=1S/C13H17N5/c1-9-15-8-10(7-14)13(16-9)17-11-4-6-18-5-2-3-12(11)18/h8,11-12H,2-6H2,1H3,(H,15,16,17). The third kappa shape index (κ3) is 1.93. The number of hydrogen-bond acceptors (Lipinski definition) is 5. The van der Waals surface area contributed by atoms with Crippen LogP contribution in [0, 0.1) is 18.3 Å². The van der Waals surface area contributed by atoms with E-state index in [0.29, 0.717) is 29.3 Å². The molecule has 2 atom stereocenters. The van der Waals surface area contributed by atoms with Gasteiger partial charge in [0.15, 0.2) is 0 Å². The number of hydrogen-bond donors (Lipinski definition) is 1. The first-order valence-electron chi connectivity index (χ1n) is 6.52. The summed E-state index contributed by atoms with van der Waals surface area (Å²) in [6, 6.07) is 3.20. The monoisotopic (exact) mass is 243 g/mol. The summed E-state index contributed by atoms with van der Waals surface area (Å²) >= 11 is 0. The molecule has 5 nitrogen and oxygen atoms in total. The molecule has 2 unspecified atom stereocenters. The molecule has 3 rings (SSSR count).